The lowest BCUT2D eigenvalue weighted by Gasteiger charge is -2.05. The van der Waals surface area contributed by atoms with Crippen molar-refractivity contribution in [2.45, 2.75) is 0 Å². The number of nitrogens with zero attached hydrogens (tertiary/aromatic N) is 2. The number of azo groups is 1. The summed E-state index contributed by atoms with van der Waals surface area (Å²) in [5, 5.41) is 20.8. The van der Waals surface area contributed by atoms with Gasteiger partial charge in [-0.05, 0) is 23.6 Å². The van der Waals surface area contributed by atoms with E-state index in [9.17, 15) is 5.11 Å². The number of halogens is 1. The van der Waals surface area contributed by atoms with Gasteiger partial charge in [-0.3, -0.25) is 0 Å². The van der Waals surface area contributed by atoms with Crippen LogP contribution in [0.2, 0.25) is 5.02 Å². The van der Waals surface area contributed by atoms with E-state index in [0.29, 0.717) is 22.1 Å². The Morgan fingerprint density at radius 2 is 1.82 bits per heavy atom. The van der Waals surface area contributed by atoms with E-state index in [1.165, 1.54) is 0 Å². The third-order valence-electron chi connectivity index (χ3n) is 3.28. The number of phenols is 1. The van der Waals surface area contributed by atoms with E-state index < -0.39 is 0 Å². The average molecular weight is 313 g/mol. The molecule has 0 atom stereocenters. The summed E-state index contributed by atoms with van der Waals surface area (Å²) in [5.74, 6) is 0.603. The fraction of sp³-hybridized carbons (Fsp3) is 0.0588. The van der Waals surface area contributed by atoms with Crippen LogP contribution in [0.25, 0.3) is 10.8 Å². The second kappa shape index (κ2) is 6.03. The number of methoxy groups -OCH3 is 1. The molecule has 5 heteroatoms. The fourth-order valence-corrected chi connectivity index (χ4v) is 2.35. The van der Waals surface area contributed by atoms with E-state index in [0.717, 1.165) is 10.8 Å². The lowest BCUT2D eigenvalue weighted by molar-refractivity contribution is 0.416. The van der Waals surface area contributed by atoms with Crippen LogP contribution >= 0.6 is 11.6 Å². The van der Waals surface area contributed by atoms with E-state index in [-0.39, 0.29) is 5.75 Å². The summed E-state index contributed by atoms with van der Waals surface area (Å²) in [7, 11) is 1.54. The molecular weight excluding hydrogens is 300 g/mol. The van der Waals surface area contributed by atoms with Crippen molar-refractivity contribution in [1.29, 1.82) is 0 Å². The van der Waals surface area contributed by atoms with Gasteiger partial charge in [0.25, 0.3) is 0 Å². The molecule has 0 heterocycles. The van der Waals surface area contributed by atoms with Gasteiger partial charge in [-0.25, -0.2) is 0 Å². The molecular formula is C17H13ClN2O2. The summed E-state index contributed by atoms with van der Waals surface area (Å²) in [4.78, 5) is 0. The van der Waals surface area contributed by atoms with Crippen LogP contribution in [0, 0.1) is 0 Å². The minimum Gasteiger partial charge on any atom is -0.506 e. The van der Waals surface area contributed by atoms with Gasteiger partial charge in [0.05, 0.1) is 7.11 Å². The summed E-state index contributed by atoms with van der Waals surface area (Å²) in [6, 6.07) is 16.2. The number of hydrogen-bond donors (Lipinski definition) is 1. The third kappa shape index (κ3) is 2.73. The Balaban J connectivity index is 2.08. The minimum atomic E-state index is 0.0791. The van der Waals surface area contributed by atoms with Crippen LogP contribution in [0.3, 0.4) is 0 Å². The van der Waals surface area contributed by atoms with Crippen molar-refractivity contribution in [2.75, 3.05) is 7.11 Å². The van der Waals surface area contributed by atoms with Crippen molar-refractivity contribution in [3.63, 3.8) is 0 Å². The van der Waals surface area contributed by atoms with Gasteiger partial charge in [0.1, 0.15) is 22.9 Å². The zero-order chi connectivity index (χ0) is 15.5. The maximum atomic E-state index is 10.1. The summed E-state index contributed by atoms with van der Waals surface area (Å²) < 4.78 is 5.23. The Morgan fingerprint density at radius 1 is 1.00 bits per heavy atom. The Labute approximate surface area is 132 Å². The monoisotopic (exact) mass is 312 g/mol. The second-order valence-electron chi connectivity index (χ2n) is 4.67. The summed E-state index contributed by atoms with van der Waals surface area (Å²) in [6.45, 7) is 0. The molecule has 0 bridgehead atoms. The van der Waals surface area contributed by atoms with E-state index in [2.05, 4.69) is 10.2 Å². The molecule has 0 aliphatic carbocycles. The topological polar surface area (TPSA) is 54.2 Å². The molecule has 0 saturated heterocycles. The highest BCUT2D eigenvalue weighted by Crippen LogP contribution is 2.37. The molecule has 110 valence electrons. The predicted molar refractivity (Wildman–Crippen MR) is 87.8 cm³/mol. The number of aromatic hydroxyl groups is 1. The van der Waals surface area contributed by atoms with Crippen LogP contribution in [0.1, 0.15) is 0 Å². The minimum absolute atomic E-state index is 0.0791. The average Bonchev–Trinajstić information content (AvgIpc) is 2.55. The first-order valence-electron chi connectivity index (χ1n) is 6.65. The Hall–Kier alpha value is -2.59. The Morgan fingerprint density at radius 3 is 2.64 bits per heavy atom. The van der Waals surface area contributed by atoms with Crippen molar-refractivity contribution >= 4 is 33.7 Å². The molecule has 3 rings (SSSR count). The van der Waals surface area contributed by atoms with Crippen molar-refractivity contribution in [3.8, 4) is 11.5 Å². The van der Waals surface area contributed by atoms with Crippen molar-refractivity contribution in [1.82, 2.24) is 0 Å². The van der Waals surface area contributed by atoms with Crippen LogP contribution in [-0.4, -0.2) is 12.2 Å². The highest BCUT2D eigenvalue weighted by atomic mass is 35.5. The molecule has 4 nitrogen and oxygen atoms in total. The van der Waals surface area contributed by atoms with Crippen LogP contribution in [0.15, 0.2) is 64.8 Å². The first kappa shape index (κ1) is 14.4. The number of rotatable bonds is 3. The SMILES string of the molecule is COc1cc(Cl)ccc1N=Nc1c(O)ccc2ccccc12. The first-order chi connectivity index (χ1) is 10.7. The number of ether oxygens (including phenoxy) is 1. The second-order valence-corrected chi connectivity index (χ2v) is 5.11. The largest absolute Gasteiger partial charge is 0.506 e. The van der Waals surface area contributed by atoms with Crippen molar-refractivity contribution in [3.05, 3.63) is 59.6 Å². The molecule has 1 N–H and O–H groups in total. The van der Waals surface area contributed by atoms with Gasteiger partial charge in [-0.2, -0.15) is 0 Å². The Bertz CT molecular complexity index is 862. The van der Waals surface area contributed by atoms with Crippen molar-refractivity contribution < 1.29 is 9.84 Å². The molecule has 3 aromatic carbocycles. The van der Waals surface area contributed by atoms with Crippen LogP contribution < -0.4 is 4.74 Å². The van der Waals surface area contributed by atoms with Gasteiger partial charge >= 0.3 is 0 Å². The quantitative estimate of drug-likeness (QED) is 0.638. The van der Waals surface area contributed by atoms with Crippen LogP contribution in [-0.2, 0) is 0 Å². The molecule has 0 fully saturated rings. The van der Waals surface area contributed by atoms with Crippen LogP contribution in [0.5, 0.6) is 11.5 Å². The lowest BCUT2D eigenvalue weighted by atomic mass is 10.1. The maximum absolute atomic E-state index is 10.1. The lowest BCUT2D eigenvalue weighted by Crippen LogP contribution is -1.82. The fourth-order valence-electron chi connectivity index (χ4n) is 2.19. The highest BCUT2D eigenvalue weighted by molar-refractivity contribution is 6.30. The molecule has 0 aliphatic rings. The first-order valence-corrected chi connectivity index (χ1v) is 7.03. The summed E-state index contributed by atoms with van der Waals surface area (Å²) in [6.07, 6.45) is 0. The summed E-state index contributed by atoms with van der Waals surface area (Å²) in [5.41, 5.74) is 0.967. The molecule has 0 unspecified atom stereocenters. The molecule has 22 heavy (non-hydrogen) atoms. The predicted octanol–water partition coefficient (Wildman–Crippen LogP) is 5.62. The van der Waals surface area contributed by atoms with E-state index in [4.69, 9.17) is 16.3 Å². The smallest absolute Gasteiger partial charge is 0.147 e. The molecule has 0 amide bonds. The maximum Gasteiger partial charge on any atom is 0.147 e. The Kier molecular flexibility index (Phi) is 3.94. The number of hydrogen-bond acceptors (Lipinski definition) is 4. The molecule has 0 saturated carbocycles. The summed E-state index contributed by atoms with van der Waals surface area (Å²) >= 11 is 5.92. The zero-order valence-electron chi connectivity index (χ0n) is 11.8. The van der Waals surface area contributed by atoms with Gasteiger partial charge in [0, 0.05) is 16.5 Å². The molecule has 3 aromatic rings. The van der Waals surface area contributed by atoms with Crippen LogP contribution in [0.4, 0.5) is 11.4 Å². The molecule has 0 aromatic heterocycles. The standard InChI is InChI=1S/C17H13ClN2O2/c1-22-16-10-12(18)7-8-14(16)19-20-17-13-5-3-2-4-11(13)6-9-15(17)21/h2-10,21H,1H3. The van der Waals surface area contributed by atoms with E-state index in [1.807, 2.05) is 30.3 Å². The van der Waals surface area contributed by atoms with Gasteiger partial charge in [-0.15, -0.1) is 10.2 Å². The van der Waals surface area contributed by atoms with Gasteiger partial charge in [-0.1, -0.05) is 41.9 Å². The van der Waals surface area contributed by atoms with E-state index >= 15 is 0 Å². The normalized spacial score (nSPS) is 11.2. The molecule has 0 aliphatic heterocycles. The number of benzene rings is 3. The third-order valence-corrected chi connectivity index (χ3v) is 3.51. The highest BCUT2D eigenvalue weighted by Gasteiger charge is 2.07. The van der Waals surface area contributed by atoms with Gasteiger partial charge < -0.3 is 9.84 Å². The van der Waals surface area contributed by atoms with Gasteiger partial charge in [0.15, 0.2) is 0 Å². The number of phenolic OH excluding ortho intramolecular Hbond substituents is 1. The van der Waals surface area contributed by atoms with E-state index in [1.54, 1.807) is 31.4 Å². The van der Waals surface area contributed by atoms with Crippen molar-refractivity contribution in [2.24, 2.45) is 10.2 Å². The zero-order valence-corrected chi connectivity index (χ0v) is 12.6. The van der Waals surface area contributed by atoms with Gasteiger partial charge in [0.2, 0.25) is 0 Å². The number of fused-ring (bicyclic) bond motifs is 1. The molecule has 0 radical (unpaired) electrons. The molecule has 0 spiro atoms.